The second kappa shape index (κ2) is 7.97. The van der Waals surface area contributed by atoms with Crippen molar-refractivity contribution in [3.63, 3.8) is 0 Å². The molecule has 4 rings (SSSR count). The number of likely N-dealkylation sites (tertiary alicyclic amines) is 1. The van der Waals surface area contributed by atoms with Crippen LogP contribution >= 0.6 is 0 Å². The largest absolute Gasteiger partial charge is 0.511 e. The highest BCUT2D eigenvalue weighted by atomic mass is 32.2. The van der Waals surface area contributed by atoms with E-state index in [0.29, 0.717) is 41.6 Å². The van der Waals surface area contributed by atoms with Crippen LogP contribution in [0.1, 0.15) is 23.2 Å². The first-order valence-electron chi connectivity index (χ1n) is 9.47. The summed E-state index contributed by atoms with van der Waals surface area (Å²) >= 11 is 0. The molecule has 164 valence electrons. The molecule has 11 heteroatoms. The lowest BCUT2D eigenvalue weighted by atomic mass is 10.0. The Labute approximate surface area is 175 Å². The molecule has 1 N–H and O–H groups in total. The fourth-order valence-corrected chi connectivity index (χ4v) is 4.26. The van der Waals surface area contributed by atoms with Crippen molar-refractivity contribution in [2.24, 2.45) is 0 Å². The lowest BCUT2D eigenvalue weighted by Crippen LogP contribution is -2.46. The number of rotatable bonds is 5. The maximum Gasteiger partial charge on any atom is 0.511 e. The number of aromatic nitrogens is 1. The first kappa shape index (κ1) is 21.3. The number of carbonyl (C=O) groups is 1. The predicted molar refractivity (Wildman–Crippen MR) is 106 cm³/mol. The Morgan fingerprint density at radius 1 is 1.26 bits per heavy atom. The third kappa shape index (κ3) is 4.15. The van der Waals surface area contributed by atoms with Crippen molar-refractivity contribution < 1.29 is 30.8 Å². The predicted octanol–water partition coefficient (Wildman–Crippen LogP) is 3.54. The highest BCUT2D eigenvalue weighted by molar-refractivity contribution is 7.90. The zero-order chi connectivity index (χ0) is 22.2. The summed E-state index contributed by atoms with van der Waals surface area (Å²) in [5.74, 6) is 0.224. The summed E-state index contributed by atoms with van der Waals surface area (Å²) in [6.07, 6.45) is 3.98. The third-order valence-corrected chi connectivity index (χ3v) is 6.39. The van der Waals surface area contributed by atoms with Crippen LogP contribution in [0.25, 0.3) is 22.2 Å². The highest BCUT2D eigenvalue weighted by Gasteiger charge is 2.46. The molecule has 31 heavy (non-hydrogen) atoms. The van der Waals surface area contributed by atoms with Crippen molar-refractivity contribution in [1.82, 2.24) is 14.6 Å². The molecule has 1 atom stereocenters. The summed E-state index contributed by atoms with van der Waals surface area (Å²) in [6.45, 7) is -0.187. The monoisotopic (exact) mass is 453 g/mol. The smallest absolute Gasteiger partial charge is 0.464 e. The van der Waals surface area contributed by atoms with Gasteiger partial charge in [-0.15, -0.1) is 0 Å². The third-order valence-electron chi connectivity index (χ3n) is 5.23. The van der Waals surface area contributed by atoms with E-state index in [1.165, 1.54) is 17.4 Å². The van der Waals surface area contributed by atoms with Crippen LogP contribution in [0.2, 0.25) is 0 Å². The zero-order valence-corrected chi connectivity index (χ0v) is 16.9. The summed E-state index contributed by atoms with van der Waals surface area (Å²) in [4.78, 5) is 18.9. The molecule has 1 aromatic carbocycles. The van der Waals surface area contributed by atoms with Crippen LogP contribution in [-0.4, -0.2) is 48.8 Å². The lowest BCUT2D eigenvalue weighted by Gasteiger charge is -2.25. The van der Waals surface area contributed by atoms with E-state index in [1.54, 1.807) is 35.1 Å². The second-order valence-electron chi connectivity index (χ2n) is 7.16. The number of sulfonamides is 1. The molecule has 1 saturated heterocycles. The van der Waals surface area contributed by atoms with Crippen LogP contribution in [0.4, 0.5) is 13.2 Å². The van der Waals surface area contributed by atoms with Crippen molar-refractivity contribution in [1.29, 1.82) is 0 Å². The number of fused-ring (bicyclic) bond motifs is 1. The van der Waals surface area contributed by atoms with Gasteiger partial charge < -0.3 is 9.32 Å². The number of hydrogen-bond donors (Lipinski definition) is 1. The average Bonchev–Trinajstić information content (AvgIpc) is 3.42. The van der Waals surface area contributed by atoms with E-state index in [4.69, 9.17) is 4.42 Å². The Balaban J connectivity index is 1.62. The van der Waals surface area contributed by atoms with Gasteiger partial charge in [-0.1, -0.05) is 0 Å². The Morgan fingerprint density at radius 3 is 2.77 bits per heavy atom. The van der Waals surface area contributed by atoms with Gasteiger partial charge in [-0.2, -0.15) is 13.2 Å². The molecule has 0 radical (unpaired) electrons. The molecule has 1 unspecified atom stereocenters. The molecule has 1 amide bonds. The minimum atomic E-state index is -5.47. The minimum Gasteiger partial charge on any atom is -0.464 e. The maximum absolute atomic E-state index is 13.3. The number of alkyl halides is 3. The molecule has 3 heterocycles. The van der Waals surface area contributed by atoms with E-state index in [2.05, 4.69) is 4.98 Å². The Bertz CT molecular complexity index is 1210. The van der Waals surface area contributed by atoms with Gasteiger partial charge in [0.1, 0.15) is 5.76 Å². The van der Waals surface area contributed by atoms with E-state index >= 15 is 0 Å². The van der Waals surface area contributed by atoms with Gasteiger partial charge in [0.05, 0.1) is 17.3 Å². The van der Waals surface area contributed by atoms with E-state index < -0.39 is 34.0 Å². The number of carbonyl (C=O) groups excluding carboxylic acids is 1. The molecule has 1 aliphatic heterocycles. The number of benzene rings is 1. The van der Waals surface area contributed by atoms with Gasteiger partial charge in [-0.25, -0.2) is 13.1 Å². The number of furan rings is 1. The summed E-state index contributed by atoms with van der Waals surface area (Å²) < 4.78 is 67.5. The maximum atomic E-state index is 13.3. The van der Waals surface area contributed by atoms with Crippen molar-refractivity contribution in [3.8, 4) is 11.3 Å². The number of nitrogens with one attached hydrogen (secondary N) is 1. The van der Waals surface area contributed by atoms with Gasteiger partial charge in [-0.3, -0.25) is 9.78 Å². The van der Waals surface area contributed by atoms with Crippen LogP contribution in [0.3, 0.4) is 0 Å². The summed E-state index contributed by atoms with van der Waals surface area (Å²) in [5.41, 5.74) is -3.74. The molecular formula is C20H18F3N3O4S. The first-order valence-corrected chi connectivity index (χ1v) is 11.0. The standard InChI is InChI=1S/C20H18F3N3O4S/c21-20(22,23)31(28,29)25-12-14-3-1-9-26(14)19(27)15-7-8-24-17-6-5-13(11-16(15)17)18-4-2-10-30-18/h2,4-8,10-11,14,25H,1,3,9,12H2. The summed E-state index contributed by atoms with van der Waals surface area (Å²) in [7, 11) is -5.47. The molecule has 1 fully saturated rings. The molecule has 0 aliphatic carbocycles. The van der Waals surface area contributed by atoms with Crippen molar-refractivity contribution >= 4 is 26.8 Å². The van der Waals surface area contributed by atoms with Crippen LogP contribution in [-0.2, 0) is 10.0 Å². The van der Waals surface area contributed by atoms with Gasteiger partial charge in [0.25, 0.3) is 5.91 Å². The highest BCUT2D eigenvalue weighted by Crippen LogP contribution is 2.29. The first-order chi connectivity index (χ1) is 14.7. The fraction of sp³-hybridized carbons (Fsp3) is 0.300. The molecule has 1 aliphatic rings. The molecule has 0 saturated carbocycles. The number of amides is 1. The van der Waals surface area contributed by atoms with E-state index in [9.17, 15) is 26.4 Å². The molecular weight excluding hydrogens is 435 g/mol. The lowest BCUT2D eigenvalue weighted by molar-refractivity contribution is -0.0448. The quantitative estimate of drug-likeness (QED) is 0.638. The van der Waals surface area contributed by atoms with Crippen LogP contribution in [0.5, 0.6) is 0 Å². The average molecular weight is 453 g/mol. The second-order valence-corrected chi connectivity index (χ2v) is 8.92. The van der Waals surface area contributed by atoms with E-state index in [-0.39, 0.29) is 0 Å². The number of halogens is 3. The molecule has 3 aromatic rings. The van der Waals surface area contributed by atoms with Gasteiger partial charge in [0.2, 0.25) is 0 Å². The minimum absolute atomic E-state index is 0.318. The number of nitrogens with zero attached hydrogens (tertiary/aromatic N) is 2. The van der Waals surface area contributed by atoms with Crippen LogP contribution in [0.15, 0.2) is 53.3 Å². The van der Waals surface area contributed by atoms with Crippen molar-refractivity contribution in [2.45, 2.75) is 24.4 Å². The summed E-state index contributed by atoms with van der Waals surface area (Å²) in [5, 5.41) is 0.572. The Morgan fingerprint density at radius 2 is 2.06 bits per heavy atom. The van der Waals surface area contributed by atoms with Gasteiger partial charge >= 0.3 is 15.5 Å². The Kier molecular flexibility index (Phi) is 5.48. The van der Waals surface area contributed by atoms with Gasteiger partial charge in [0, 0.05) is 36.3 Å². The molecule has 2 aromatic heterocycles. The SMILES string of the molecule is O=C(c1ccnc2ccc(-c3ccco3)cc12)N1CCCC1CNS(=O)(=O)C(F)(F)F. The molecule has 0 spiro atoms. The van der Waals surface area contributed by atoms with Crippen molar-refractivity contribution in [2.75, 3.05) is 13.1 Å². The Hall–Kier alpha value is -2.92. The van der Waals surface area contributed by atoms with Crippen LogP contribution in [0, 0.1) is 0 Å². The topological polar surface area (TPSA) is 92.5 Å². The van der Waals surface area contributed by atoms with Gasteiger partial charge in [0.15, 0.2) is 0 Å². The normalized spacial score (nSPS) is 17.4. The molecule has 0 bridgehead atoms. The van der Waals surface area contributed by atoms with Gasteiger partial charge in [-0.05, 0) is 49.2 Å². The summed E-state index contributed by atoms with van der Waals surface area (Å²) in [6, 6.07) is 9.72. The molecule has 7 nitrogen and oxygen atoms in total. The van der Waals surface area contributed by atoms with Crippen LogP contribution < -0.4 is 4.72 Å². The van der Waals surface area contributed by atoms with Crippen molar-refractivity contribution in [3.05, 3.63) is 54.4 Å². The fourth-order valence-electron chi connectivity index (χ4n) is 3.69. The van der Waals surface area contributed by atoms with E-state index in [1.807, 2.05) is 6.07 Å². The van der Waals surface area contributed by atoms with E-state index in [0.717, 1.165) is 5.56 Å². The zero-order valence-electron chi connectivity index (χ0n) is 16.1. The number of pyridine rings is 1. The number of hydrogen-bond acceptors (Lipinski definition) is 5.